The Morgan fingerprint density at radius 3 is 2.30 bits per heavy atom. The molecule has 1 aliphatic rings. The summed E-state index contributed by atoms with van der Waals surface area (Å²) in [5.74, 6) is 0.403. The highest BCUT2D eigenvalue weighted by atomic mass is 35.5. The van der Waals surface area contributed by atoms with Crippen molar-refractivity contribution in [2.45, 2.75) is 12.3 Å². The van der Waals surface area contributed by atoms with E-state index < -0.39 is 0 Å². The van der Waals surface area contributed by atoms with Crippen molar-refractivity contribution in [3.63, 3.8) is 0 Å². The van der Waals surface area contributed by atoms with E-state index >= 15 is 0 Å². The summed E-state index contributed by atoms with van der Waals surface area (Å²) in [5.41, 5.74) is 2.72. The van der Waals surface area contributed by atoms with Gasteiger partial charge in [0.1, 0.15) is 0 Å². The summed E-state index contributed by atoms with van der Waals surface area (Å²) in [7, 11) is 0. The molecular weight excluding hydrogens is 374 g/mol. The minimum atomic E-state index is 0.403. The van der Waals surface area contributed by atoms with E-state index in [1.807, 2.05) is 18.3 Å². The Kier molecular flexibility index (Phi) is 6.07. The Morgan fingerprint density at radius 1 is 0.926 bits per heavy atom. The normalized spacial score (nSPS) is 16.4. The van der Waals surface area contributed by atoms with Crippen molar-refractivity contribution in [3.05, 3.63) is 82.3 Å². The van der Waals surface area contributed by atoms with Crippen LogP contribution in [0.25, 0.3) is 0 Å². The van der Waals surface area contributed by atoms with Gasteiger partial charge in [0.25, 0.3) is 0 Å². The van der Waals surface area contributed by atoms with Crippen LogP contribution in [-0.2, 0) is 0 Å². The van der Waals surface area contributed by atoms with Gasteiger partial charge in [0.15, 0.2) is 5.13 Å². The SMILES string of the molecule is Clc1ccc(C(CCN2CCN(c3nccs3)CC2)c2ccccc2)cc1. The van der Waals surface area contributed by atoms with E-state index in [2.05, 4.69) is 62.6 Å². The molecule has 5 heteroatoms. The Morgan fingerprint density at radius 2 is 1.63 bits per heavy atom. The maximum atomic E-state index is 6.10. The molecule has 1 aromatic heterocycles. The van der Waals surface area contributed by atoms with Crippen molar-refractivity contribution in [2.24, 2.45) is 0 Å². The van der Waals surface area contributed by atoms with Gasteiger partial charge in [-0.05, 0) is 36.2 Å². The maximum absolute atomic E-state index is 6.10. The molecule has 1 fully saturated rings. The minimum Gasteiger partial charge on any atom is -0.346 e. The molecule has 2 heterocycles. The fourth-order valence-electron chi connectivity index (χ4n) is 3.75. The summed E-state index contributed by atoms with van der Waals surface area (Å²) in [6.07, 6.45) is 3.01. The number of piperazine rings is 1. The van der Waals surface area contributed by atoms with Crippen LogP contribution in [-0.4, -0.2) is 42.6 Å². The first kappa shape index (κ1) is 18.5. The van der Waals surface area contributed by atoms with Crippen LogP contribution in [0.4, 0.5) is 5.13 Å². The van der Waals surface area contributed by atoms with Gasteiger partial charge in [0.2, 0.25) is 0 Å². The molecule has 3 nitrogen and oxygen atoms in total. The van der Waals surface area contributed by atoms with Crippen molar-refractivity contribution in [3.8, 4) is 0 Å². The Bertz CT molecular complexity index is 813. The van der Waals surface area contributed by atoms with Gasteiger partial charge >= 0.3 is 0 Å². The molecule has 4 rings (SSSR count). The van der Waals surface area contributed by atoms with Crippen LogP contribution >= 0.6 is 22.9 Å². The van der Waals surface area contributed by atoms with E-state index in [0.717, 1.165) is 49.3 Å². The number of aromatic nitrogens is 1. The molecule has 0 spiro atoms. The molecule has 1 atom stereocenters. The predicted molar refractivity (Wildman–Crippen MR) is 115 cm³/mol. The second kappa shape index (κ2) is 8.87. The minimum absolute atomic E-state index is 0.403. The standard InChI is InChI=1S/C22H24ClN3S/c23-20-8-6-19(7-9-20)21(18-4-2-1-3-5-18)10-12-25-13-15-26(16-14-25)22-24-11-17-27-22/h1-9,11,17,21H,10,12-16H2. The molecule has 27 heavy (non-hydrogen) atoms. The average Bonchev–Trinajstić information content (AvgIpc) is 3.26. The van der Waals surface area contributed by atoms with Crippen LogP contribution in [0.3, 0.4) is 0 Å². The number of benzene rings is 2. The smallest absolute Gasteiger partial charge is 0.185 e. The van der Waals surface area contributed by atoms with E-state index in [1.165, 1.54) is 11.1 Å². The summed E-state index contributed by atoms with van der Waals surface area (Å²) in [6, 6.07) is 19.1. The molecule has 0 radical (unpaired) electrons. The average molecular weight is 398 g/mol. The van der Waals surface area contributed by atoms with Gasteiger partial charge in [-0.1, -0.05) is 54.1 Å². The van der Waals surface area contributed by atoms with Crippen LogP contribution in [0.5, 0.6) is 0 Å². The topological polar surface area (TPSA) is 19.4 Å². The Balaban J connectivity index is 1.40. The van der Waals surface area contributed by atoms with Crippen LogP contribution in [0.2, 0.25) is 5.02 Å². The summed E-state index contributed by atoms with van der Waals surface area (Å²) in [5, 5.41) is 4.00. The number of anilines is 1. The largest absolute Gasteiger partial charge is 0.346 e. The molecule has 0 saturated carbocycles. The molecule has 2 aromatic carbocycles. The van der Waals surface area contributed by atoms with Crippen molar-refractivity contribution in [1.29, 1.82) is 0 Å². The van der Waals surface area contributed by atoms with E-state index in [0.29, 0.717) is 5.92 Å². The van der Waals surface area contributed by atoms with Gasteiger partial charge < -0.3 is 4.90 Å². The molecule has 0 bridgehead atoms. The zero-order valence-electron chi connectivity index (χ0n) is 15.3. The molecule has 0 aliphatic carbocycles. The zero-order chi connectivity index (χ0) is 18.5. The van der Waals surface area contributed by atoms with Crippen LogP contribution < -0.4 is 4.90 Å². The number of halogens is 1. The second-order valence-corrected chi connectivity index (χ2v) is 8.26. The fourth-order valence-corrected chi connectivity index (χ4v) is 4.58. The second-order valence-electron chi connectivity index (χ2n) is 6.95. The molecule has 1 unspecified atom stereocenters. The van der Waals surface area contributed by atoms with Gasteiger partial charge in [0, 0.05) is 48.7 Å². The molecular formula is C22H24ClN3S. The number of hydrogen-bond donors (Lipinski definition) is 0. The van der Waals surface area contributed by atoms with E-state index in [1.54, 1.807) is 11.3 Å². The molecule has 1 aliphatic heterocycles. The van der Waals surface area contributed by atoms with Gasteiger partial charge in [-0.15, -0.1) is 11.3 Å². The first-order valence-corrected chi connectivity index (χ1v) is 10.7. The molecule has 140 valence electrons. The van der Waals surface area contributed by atoms with Crippen LogP contribution in [0.1, 0.15) is 23.5 Å². The highest BCUT2D eigenvalue weighted by molar-refractivity contribution is 7.13. The Hall–Kier alpha value is -1.88. The molecule has 0 N–H and O–H groups in total. The summed E-state index contributed by atoms with van der Waals surface area (Å²) < 4.78 is 0. The molecule has 3 aromatic rings. The Labute approximate surface area is 170 Å². The third-order valence-corrected chi connectivity index (χ3v) is 6.35. The number of rotatable bonds is 6. The predicted octanol–water partition coefficient (Wildman–Crippen LogP) is 5.14. The van der Waals surface area contributed by atoms with Crippen molar-refractivity contribution >= 4 is 28.1 Å². The third kappa shape index (κ3) is 4.70. The monoisotopic (exact) mass is 397 g/mol. The lowest BCUT2D eigenvalue weighted by atomic mass is 9.88. The summed E-state index contributed by atoms with van der Waals surface area (Å²) in [6.45, 7) is 5.42. The number of thiazole rings is 1. The molecule has 0 amide bonds. The van der Waals surface area contributed by atoms with Gasteiger partial charge in [-0.25, -0.2) is 4.98 Å². The van der Waals surface area contributed by atoms with Gasteiger partial charge in [0.05, 0.1) is 0 Å². The quantitative estimate of drug-likeness (QED) is 0.574. The van der Waals surface area contributed by atoms with E-state index in [-0.39, 0.29) is 0 Å². The highest BCUT2D eigenvalue weighted by Gasteiger charge is 2.21. The van der Waals surface area contributed by atoms with Crippen LogP contribution in [0.15, 0.2) is 66.2 Å². The summed E-state index contributed by atoms with van der Waals surface area (Å²) >= 11 is 7.83. The van der Waals surface area contributed by atoms with Crippen LogP contribution in [0, 0.1) is 0 Å². The first-order chi connectivity index (χ1) is 13.3. The zero-order valence-corrected chi connectivity index (χ0v) is 16.9. The number of nitrogens with zero attached hydrogens (tertiary/aromatic N) is 3. The number of hydrogen-bond acceptors (Lipinski definition) is 4. The van der Waals surface area contributed by atoms with E-state index in [4.69, 9.17) is 11.6 Å². The lowest BCUT2D eigenvalue weighted by Gasteiger charge is -2.35. The fraction of sp³-hybridized carbons (Fsp3) is 0.318. The lowest BCUT2D eigenvalue weighted by Crippen LogP contribution is -2.46. The third-order valence-electron chi connectivity index (χ3n) is 5.27. The van der Waals surface area contributed by atoms with Gasteiger partial charge in [-0.3, -0.25) is 4.90 Å². The first-order valence-electron chi connectivity index (χ1n) is 9.47. The van der Waals surface area contributed by atoms with Crippen molar-refractivity contribution < 1.29 is 0 Å². The van der Waals surface area contributed by atoms with E-state index in [9.17, 15) is 0 Å². The van der Waals surface area contributed by atoms with Gasteiger partial charge in [-0.2, -0.15) is 0 Å². The maximum Gasteiger partial charge on any atom is 0.185 e. The van der Waals surface area contributed by atoms with Crippen molar-refractivity contribution in [1.82, 2.24) is 9.88 Å². The molecule has 1 saturated heterocycles. The highest BCUT2D eigenvalue weighted by Crippen LogP contribution is 2.29. The lowest BCUT2D eigenvalue weighted by molar-refractivity contribution is 0.251. The van der Waals surface area contributed by atoms with Crippen molar-refractivity contribution in [2.75, 3.05) is 37.6 Å². The summed E-state index contributed by atoms with van der Waals surface area (Å²) in [4.78, 5) is 9.42.